The van der Waals surface area contributed by atoms with Crippen LogP contribution in [0.4, 0.5) is 8.78 Å². The first kappa shape index (κ1) is 18.0. The Morgan fingerprint density at radius 3 is 2.12 bits per heavy atom. The van der Waals surface area contributed by atoms with Gasteiger partial charge in [0.2, 0.25) is 0 Å². The fraction of sp³-hybridized carbons (Fsp3) is 0.350. The van der Waals surface area contributed by atoms with Crippen LogP contribution in [0.3, 0.4) is 0 Å². The number of carbonyl (C=O) groups excluding carboxylic acids is 1. The number of ketones is 1. The van der Waals surface area contributed by atoms with Crippen LogP contribution in [-0.2, 0) is 10.2 Å². The lowest BCUT2D eigenvalue weighted by molar-refractivity contribution is -0.126. The van der Waals surface area contributed by atoms with Crippen LogP contribution < -0.4 is 5.32 Å². The second-order valence-electron chi connectivity index (χ2n) is 6.83. The molecule has 5 heteroatoms. The highest BCUT2D eigenvalue weighted by atomic mass is 35.5. The summed E-state index contributed by atoms with van der Waals surface area (Å²) in [5.41, 5.74) is 1.13. The van der Waals surface area contributed by atoms with E-state index >= 15 is 0 Å². The summed E-state index contributed by atoms with van der Waals surface area (Å²) in [5.74, 6) is -0.425. The maximum Gasteiger partial charge on any atom is 0.137 e. The molecule has 1 aliphatic heterocycles. The Morgan fingerprint density at radius 2 is 1.56 bits per heavy atom. The summed E-state index contributed by atoms with van der Waals surface area (Å²) in [6.45, 7) is 1.33. The quantitative estimate of drug-likeness (QED) is 0.877. The lowest BCUT2D eigenvalue weighted by Gasteiger charge is -2.45. The van der Waals surface area contributed by atoms with E-state index in [2.05, 4.69) is 5.32 Å². The van der Waals surface area contributed by atoms with Gasteiger partial charge in [0.25, 0.3) is 0 Å². The first-order valence-corrected chi connectivity index (χ1v) is 8.37. The Labute approximate surface area is 152 Å². The van der Waals surface area contributed by atoms with Gasteiger partial charge in [-0.25, -0.2) is 8.78 Å². The van der Waals surface area contributed by atoms with E-state index in [1.165, 1.54) is 24.3 Å². The Kier molecular flexibility index (Phi) is 4.94. The SMILES string of the molecule is Cl.O=C1CCC(c2cccc(F)c2)(c2cccc(F)c2)C2CNCC12. The van der Waals surface area contributed by atoms with Crippen LogP contribution in [0.15, 0.2) is 48.5 Å². The van der Waals surface area contributed by atoms with Crippen LogP contribution in [0.5, 0.6) is 0 Å². The summed E-state index contributed by atoms with van der Waals surface area (Å²) in [7, 11) is 0. The second-order valence-corrected chi connectivity index (χ2v) is 6.83. The number of hydrogen-bond donors (Lipinski definition) is 1. The summed E-state index contributed by atoms with van der Waals surface area (Å²) < 4.78 is 27.9. The zero-order valence-corrected chi connectivity index (χ0v) is 14.5. The molecule has 2 aromatic carbocycles. The number of fused-ring (bicyclic) bond motifs is 1. The number of rotatable bonds is 2. The monoisotopic (exact) mass is 363 g/mol. The van der Waals surface area contributed by atoms with E-state index in [9.17, 15) is 13.6 Å². The molecule has 25 heavy (non-hydrogen) atoms. The molecule has 1 heterocycles. The van der Waals surface area contributed by atoms with Crippen molar-refractivity contribution in [3.05, 3.63) is 71.3 Å². The van der Waals surface area contributed by atoms with Crippen molar-refractivity contribution in [3.8, 4) is 0 Å². The number of carbonyl (C=O) groups is 1. The van der Waals surface area contributed by atoms with Crippen LogP contribution in [0.1, 0.15) is 24.0 Å². The second kappa shape index (κ2) is 6.85. The number of nitrogens with one attached hydrogen (secondary N) is 1. The van der Waals surface area contributed by atoms with E-state index in [1.807, 2.05) is 12.1 Å². The molecule has 0 bridgehead atoms. The third-order valence-electron chi connectivity index (χ3n) is 5.71. The van der Waals surface area contributed by atoms with Gasteiger partial charge in [-0.2, -0.15) is 0 Å². The van der Waals surface area contributed by atoms with E-state index in [-0.39, 0.29) is 41.7 Å². The van der Waals surface area contributed by atoms with Gasteiger partial charge in [0.15, 0.2) is 0 Å². The van der Waals surface area contributed by atoms with Crippen LogP contribution in [0.25, 0.3) is 0 Å². The molecule has 0 aromatic heterocycles. The first-order valence-electron chi connectivity index (χ1n) is 8.37. The molecule has 1 saturated heterocycles. The molecule has 4 rings (SSSR count). The number of halogens is 3. The van der Waals surface area contributed by atoms with Gasteiger partial charge in [0.1, 0.15) is 17.4 Å². The molecule has 1 saturated carbocycles. The van der Waals surface area contributed by atoms with Crippen molar-refractivity contribution < 1.29 is 13.6 Å². The molecule has 2 nitrogen and oxygen atoms in total. The van der Waals surface area contributed by atoms with Gasteiger partial charge >= 0.3 is 0 Å². The minimum atomic E-state index is -0.535. The standard InChI is InChI=1S/C20H19F2NO.ClH/c21-15-5-1-3-13(9-15)20(14-4-2-6-16(22)10-14)8-7-19(24)17-11-23-12-18(17)20;/h1-6,9-10,17-18,23H,7-8,11-12H2;1H. The zero-order valence-electron chi connectivity index (χ0n) is 13.7. The van der Waals surface area contributed by atoms with Crippen molar-refractivity contribution in [1.82, 2.24) is 5.32 Å². The highest BCUT2D eigenvalue weighted by Crippen LogP contribution is 2.51. The minimum Gasteiger partial charge on any atom is -0.316 e. The molecule has 0 radical (unpaired) electrons. The van der Waals surface area contributed by atoms with Gasteiger partial charge in [0.05, 0.1) is 0 Å². The highest BCUT2D eigenvalue weighted by Gasteiger charge is 2.52. The fourth-order valence-corrected chi connectivity index (χ4v) is 4.64. The van der Waals surface area contributed by atoms with Gasteiger partial charge in [-0.1, -0.05) is 24.3 Å². The molecular formula is C20H20ClF2NO. The first-order chi connectivity index (χ1) is 11.6. The highest BCUT2D eigenvalue weighted by molar-refractivity contribution is 5.85. The molecule has 2 unspecified atom stereocenters. The van der Waals surface area contributed by atoms with Crippen molar-refractivity contribution in [2.24, 2.45) is 11.8 Å². The lowest BCUT2D eigenvalue weighted by atomic mass is 9.56. The van der Waals surface area contributed by atoms with E-state index in [4.69, 9.17) is 0 Å². The normalized spacial score (nSPS) is 24.5. The van der Waals surface area contributed by atoms with Crippen LogP contribution in [-0.4, -0.2) is 18.9 Å². The molecule has 1 N–H and O–H groups in total. The maximum atomic E-state index is 14.0. The van der Waals surface area contributed by atoms with Crippen molar-refractivity contribution in [1.29, 1.82) is 0 Å². The largest absolute Gasteiger partial charge is 0.316 e. The Hall–Kier alpha value is -1.78. The van der Waals surface area contributed by atoms with Crippen LogP contribution in [0.2, 0.25) is 0 Å². The molecule has 1 aliphatic carbocycles. The van der Waals surface area contributed by atoms with E-state index in [0.29, 0.717) is 25.9 Å². The Balaban J connectivity index is 0.00000182. The number of hydrogen-bond acceptors (Lipinski definition) is 2. The van der Waals surface area contributed by atoms with Gasteiger partial charge in [-0.15, -0.1) is 12.4 Å². The molecule has 2 aliphatic rings. The van der Waals surface area contributed by atoms with Crippen molar-refractivity contribution >= 4 is 18.2 Å². The van der Waals surface area contributed by atoms with Gasteiger partial charge < -0.3 is 5.32 Å². The molecule has 2 aromatic rings. The zero-order chi connectivity index (χ0) is 16.7. The van der Waals surface area contributed by atoms with Crippen LogP contribution >= 0.6 is 12.4 Å². The lowest BCUT2D eigenvalue weighted by Crippen LogP contribution is -2.47. The van der Waals surface area contributed by atoms with Crippen molar-refractivity contribution in [3.63, 3.8) is 0 Å². The van der Waals surface area contributed by atoms with E-state index in [1.54, 1.807) is 12.1 Å². The smallest absolute Gasteiger partial charge is 0.137 e. The molecule has 2 fully saturated rings. The van der Waals surface area contributed by atoms with Crippen molar-refractivity contribution in [2.45, 2.75) is 18.3 Å². The van der Waals surface area contributed by atoms with Crippen LogP contribution in [0, 0.1) is 23.5 Å². The summed E-state index contributed by atoms with van der Waals surface area (Å²) >= 11 is 0. The van der Waals surface area contributed by atoms with Gasteiger partial charge in [-0.05, 0) is 54.3 Å². The molecule has 132 valence electrons. The topological polar surface area (TPSA) is 29.1 Å². The minimum absolute atomic E-state index is 0. The summed E-state index contributed by atoms with van der Waals surface area (Å²) in [5, 5.41) is 3.31. The molecule has 2 atom stereocenters. The average molecular weight is 364 g/mol. The third kappa shape index (κ3) is 2.87. The van der Waals surface area contributed by atoms with Gasteiger partial charge in [0, 0.05) is 24.3 Å². The van der Waals surface area contributed by atoms with E-state index < -0.39 is 5.41 Å². The van der Waals surface area contributed by atoms with E-state index in [0.717, 1.165) is 11.1 Å². The van der Waals surface area contributed by atoms with Gasteiger partial charge in [-0.3, -0.25) is 4.79 Å². The Bertz CT molecular complexity index is 749. The molecule has 0 spiro atoms. The number of Topliss-reactive ketones (excluding diaryl/α,β-unsaturated/α-hetero) is 1. The number of benzene rings is 2. The Morgan fingerprint density at radius 1 is 0.960 bits per heavy atom. The average Bonchev–Trinajstić information content (AvgIpc) is 3.07. The predicted octanol–water partition coefficient (Wildman–Crippen LogP) is 3.87. The van der Waals surface area contributed by atoms with Crippen molar-refractivity contribution in [2.75, 3.05) is 13.1 Å². The summed E-state index contributed by atoms with van der Waals surface area (Å²) in [4.78, 5) is 12.4. The summed E-state index contributed by atoms with van der Waals surface area (Å²) in [6.07, 6.45) is 1.03. The third-order valence-corrected chi connectivity index (χ3v) is 5.71. The fourth-order valence-electron chi connectivity index (χ4n) is 4.64. The molecular weight excluding hydrogens is 344 g/mol. The molecule has 0 amide bonds. The summed E-state index contributed by atoms with van der Waals surface area (Å²) in [6, 6.07) is 13.1. The maximum absolute atomic E-state index is 14.0. The predicted molar refractivity (Wildman–Crippen MR) is 94.9 cm³/mol.